The molecule has 4 rings (SSSR count). The number of hydrogen-bond acceptors (Lipinski definition) is 4. The van der Waals surface area contributed by atoms with Crippen LogP contribution in [0.4, 0.5) is 0 Å². The number of nitrogens with one attached hydrogen (secondary N) is 1. The average molecular weight is 353 g/mol. The van der Waals surface area contributed by atoms with Gasteiger partial charge in [0.2, 0.25) is 0 Å². The highest BCUT2D eigenvalue weighted by Crippen LogP contribution is 2.30. The summed E-state index contributed by atoms with van der Waals surface area (Å²) in [5.41, 5.74) is 0.770. The minimum absolute atomic E-state index is 0.00433. The second-order valence-corrected chi connectivity index (χ2v) is 7.47. The van der Waals surface area contributed by atoms with Crippen molar-refractivity contribution in [2.75, 3.05) is 32.8 Å². The topological polar surface area (TPSA) is 54.5 Å². The van der Waals surface area contributed by atoms with Crippen LogP contribution in [0.3, 0.4) is 0 Å². The number of hydrogen-bond donors (Lipinski definition) is 1. The fourth-order valence-electron chi connectivity index (χ4n) is 4.39. The fraction of sp³-hybridized carbons (Fsp3) is 0.524. The Hall–Kier alpha value is -1.98. The number of piperidine rings is 1. The van der Waals surface area contributed by atoms with Crippen LogP contribution in [0.1, 0.15) is 42.5 Å². The van der Waals surface area contributed by atoms with E-state index in [1.807, 2.05) is 24.3 Å². The van der Waals surface area contributed by atoms with Gasteiger partial charge in [0.15, 0.2) is 0 Å². The van der Waals surface area contributed by atoms with Crippen molar-refractivity contribution >= 4 is 16.7 Å². The normalized spacial score (nSPS) is 20.8. The summed E-state index contributed by atoms with van der Waals surface area (Å²) >= 11 is 0. The molecule has 0 saturated carbocycles. The highest BCUT2D eigenvalue weighted by atomic mass is 16.5. The zero-order chi connectivity index (χ0) is 17.8. The number of rotatable bonds is 4. The molecule has 2 aromatic rings. The molecule has 2 aliphatic rings. The van der Waals surface area contributed by atoms with Gasteiger partial charge in [-0.1, -0.05) is 18.6 Å². The molecule has 0 atom stereocenters. The number of pyridine rings is 1. The summed E-state index contributed by atoms with van der Waals surface area (Å²) in [4.78, 5) is 19.7. The van der Waals surface area contributed by atoms with Gasteiger partial charge in [-0.25, -0.2) is 0 Å². The first-order chi connectivity index (χ1) is 12.8. The van der Waals surface area contributed by atoms with Crippen molar-refractivity contribution < 1.29 is 9.53 Å². The lowest BCUT2D eigenvalue weighted by atomic mass is 9.86. The van der Waals surface area contributed by atoms with Gasteiger partial charge in [-0.05, 0) is 56.3 Å². The van der Waals surface area contributed by atoms with Gasteiger partial charge in [0.05, 0.1) is 0 Å². The molecule has 1 aromatic carbocycles. The molecule has 1 N–H and O–H groups in total. The van der Waals surface area contributed by atoms with E-state index < -0.39 is 0 Å². The lowest BCUT2D eigenvalue weighted by Gasteiger charge is -2.48. The highest BCUT2D eigenvalue weighted by Gasteiger charge is 2.39. The first kappa shape index (κ1) is 17.4. The molecule has 2 fully saturated rings. The quantitative estimate of drug-likeness (QED) is 0.918. The fourth-order valence-corrected chi connectivity index (χ4v) is 4.39. The van der Waals surface area contributed by atoms with Crippen LogP contribution in [0.5, 0.6) is 0 Å². The molecule has 26 heavy (non-hydrogen) atoms. The van der Waals surface area contributed by atoms with E-state index in [4.69, 9.17) is 4.74 Å². The molecule has 0 unspecified atom stereocenters. The van der Waals surface area contributed by atoms with Crippen molar-refractivity contribution in [1.29, 1.82) is 0 Å². The van der Waals surface area contributed by atoms with Crippen LogP contribution in [0.2, 0.25) is 0 Å². The van der Waals surface area contributed by atoms with Crippen LogP contribution in [0.25, 0.3) is 10.8 Å². The van der Waals surface area contributed by atoms with Crippen molar-refractivity contribution in [2.45, 2.75) is 37.6 Å². The van der Waals surface area contributed by atoms with Gasteiger partial charge >= 0.3 is 0 Å². The van der Waals surface area contributed by atoms with Crippen LogP contribution < -0.4 is 5.32 Å². The minimum atomic E-state index is 0.00433. The molecule has 2 saturated heterocycles. The number of fused-ring (bicyclic) bond motifs is 1. The maximum absolute atomic E-state index is 12.9. The Morgan fingerprint density at radius 3 is 2.77 bits per heavy atom. The Morgan fingerprint density at radius 1 is 1.15 bits per heavy atom. The van der Waals surface area contributed by atoms with Crippen LogP contribution >= 0.6 is 0 Å². The molecular weight excluding hydrogens is 326 g/mol. The summed E-state index contributed by atoms with van der Waals surface area (Å²) in [5.74, 6) is 0.00433. The molecule has 1 aromatic heterocycles. The van der Waals surface area contributed by atoms with E-state index in [0.29, 0.717) is 6.54 Å². The zero-order valence-corrected chi connectivity index (χ0v) is 15.2. The third-order valence-corrected chi connectivity index (χ3v) is 5.95. The molecule has 5 heteroatoms. The second-order valence-electron chi connectivity index (χ2n) is 7.47. The molecule has 0 bridgehead atoms. The van der Waals surface area contributed by atoms with E-state index in [-0.39, 0.29) is 11.4 Å². The number of aromatic nitrogens is 1. The second kappa shape index (κ2) is 7.72. The Bertz CT molecular complexity index is 759. The third-order valence-electron chi connectivity index (χ3n) is 5.95. The van der Waals surface area contributed by atoms with E-state index in [1.165, 1.54) is 19.3 Å². The van der Waals surface area contributed by atoms with Crippen LogP contribution in [0, 0.1) is 0 Å². The summed E-state index contributed by atoms with van der Waals surface area (Å²) in [6, 6.07) is 7.73. The van der Waals surface area contributed by atoms with Crippen molar-refractivity contribution in [2.24, 2.45) is 0 Å². The van der Waals surface area contributed by atoms with Gasteiger partial charge in [-0.2, -0.15) is 0 Å². The van der Waals surface area contributed by atoms with Crippen LogP contribution in [-0.2, 0) is 4.74 Å². The van der Waals surface area contributed by atoms with E-state index in [9.17, 15) is 4.79 Å². The SMILES string of the molecule is O=C(NCC1(N2CCCCC2)CCOCC1)c1cccc2cnccc12. The third kappa shape index (κ3) is 3.46. The predicted octanol–water partition coefficient (Wildman–Crippen LogP) is 3.00. The van der Waals surface area contributed by atoms with E-state index in [1.54, 1.807) is 12.4 Å². The highest BCUT2D eigenvalue weighted by molar-refractivity contribution is 6.06. The van der Waals surface area contributed by atoms with E-state index in [2.05, 4.69) is 15.2 Å². The van der Waals surface area contributed by atoms with Crippen molar-refractivity contribution in [3.63, 3.8) is 0 Å². The summed E-state index contributed by atoms with van der Waals surface area (Å²) in [6.07, 6.45) is 9.37. The molecule has 138 valence electrons. The summed E-state index contributed by atoms with van der Waals surface area (Å²) in [5, 5.41) is 5.20. The molecule has 0 aliphatic carbocycles. The largest absolute Gasteiger partial charge is 0.381 e. The monoisotopic (exact) mass is 353 g/mol. The maximum atomic E-state index is 12.9. The number of benzene rings is 1. The molecule has 0 radical (unpaired) electrons. The number of ether oxygens (including phenoxy) is 1. The number of carbonyl (C=O) groups is 1. The van der Waals surface area contributed by atoms with Gasteiger partial charge in [0.1, 0.15) is 0 Å². The number of nitrogens with zero attached hydrogens (tertiary/aromatic N) is 2. The van der Waals surface area contributed by atoms with Crippen molar-refractivity contribution in [3.8, 4) is 0 Å². The van der Waals surface area contributed by atoms with Crippen molar-refractivity contribution in [1.82, 2.24) is 15.2 Å². The molecule has 2 aliphatic heterocycles. The van der Waals surface area contributed by atoms with E-state index >= 15 is 0 Å². The first-order valence-corrected chi connectivity index (χ1v) is 9.72. The smallest absolute Gasteiger partial charge is 0.251 e. The van der Waals surface area contributed by atoms with Crippen LogP contribution in [0.15, 0.2) is 36.7 Å². The summed E-state index contributed by atoms with van der Waals surface area (Å²) < 4.78 is 5.62. The van der Waals surface area contributed by atoms with Gasteiger partial charge in [0, 0.05) is 48.6 Å². The Kier molecular flexibility index (Phi) is 5.18. The van der Waals surface area contributed by atoms with Gasteiger partial charge in [-0.15, -0.1) is 0 Å². The maximum Gasteiger partial charge on any atom is 0.251 e. The van der Waals surface area contributed by atoms with Gasteiger partial charge < -0.3 is 10.1 Å². The average Bonchev–Trinajstić information content (AvgIpc) is 2.73. The van der Waals surface area contributed by atoms with Gasteiger partial charge in [-0.3, -0.25) is 14.7 Å². The Morgan fingerprint density at radius 2 is 1.96 bits per heavy atom. The Labute approximate surface area is 154 Å². The molecule has 0 spiro atoms. The van der Waals surface area contributed by atoms with E-state index in [0.717, 1.165) is 55.5 Å². The number of likely N-dealkylation sites (tertiary alicyclic amines) is 1. The molecule has 3 heterocycles. The lowest BCUT2D eigenvalue weighted by molar-refractivity contribution is -0.0349. The Balaban J connectivity index is 1.52. The molecule has 5 nitrogen and oxygen atoms in total. The number of carbonyl (C=O) groups excluding carboxylic acids is 1. The van der Waals surface area contributed by atoms with Crippen LogP contribution in [-0.4, -0.2) is 54.2 Å². The standard InChI is InChI=1S/C21H27N3O2/c25-20(19-6-4-5-17-15-22-10-7-18(17)19)23-16-21(8-13-26-14-9-21)24-11-2-1-3-12-24/h4-7,10,15H,1-3,8-9,11-14,16H2,(H,23,25). The lowest BCUT2D eigenvalue weighted by Crippen LogP contribution is -2.59. The zero-order valence-electron chi connectivity index (χ0n) is 15.2. The first-order valence-electron chi connectivity index (χ1n) is 9.72. The molecule has 1 amide bonds. The minimum Gasteiger partial charge on any atom is -0.381 e. The number of amides is 1. The van der Waals surface area contributed by atoms with Gasteiger partial charge in [0.25, 0.3) is 5.91 Å². The summed E-state index contributed by atoms with van der Waals surface area (Å²) in [7, 11) is 0. The molecular formula is C21H27N3O2. The van der Waals surface area contributed by atoms with Crippen molar-refractivity contribution in [3.05, 3.63) is 42.2 Å². The summed E-state index contributed by atoms with van der Waals surface area (Å²) in [6.45, 7) is 4.53. The predicted molar refractivity (Wildman–Crippen MR) is 102 cm³/mol.